The Morgan fingerprint density at radius 2 is 1.94 bits per heavy atom. The number of rotatable bonds is 6. The number of amides is 1. The van der Waals surface area contributed by atoms with Crippen LogP contribution in [0.3, 0.4) is 0 Å². The summed E-state index contributed by atoms with van der Waals surface area (Å²) in [6.45, 7) is 2.12. The molecule has 2 N–H and O–H groups in total. The van der Waals surface area contributed by atoms with Crippen molar-refractivity contribution < 1.29 is 14.3 Å². The summed E-state index contributed by atoms with van der Waals surface area (Å²) in [5.74, 6) is -0.562. The standard InChI is InChI=1S/C13H18N2O3/c1-3-18-13(17)12(15-9-11(16)14-2)10-7-5-4-6-8-10/h4-8,12,15H,3,9H2,1-2H3,(H,14,16). The van der Waals surface area contributed by atoms with Crippen LogP contribution in [0.15, 0.2) is 30.3 Å². The summed E-state index contributed by atoms with van der Waals surface area (Å²) in [5.41, 5.74) is 0.778. The van der Waals surface area contributed by atoms with Gasteiger partial charge in [0.05, 0.1) is 13.2 Å². The molecule has 0 bridgehead atoms. The Kier molecular flexibility index (Phi) is 5.87. The van der Waals surface area contributed by atoms with Crippen LogP contribution in [0.5, 0.6) is 0 Å². The third kappa shape index (κ3) is 4.18. The van der Waals surface area contributed by atoms with Crippen LogP contribution >= 0.6 is 0 Å². The summed E-state index contributed by atoms with van der Waals surface area (Å²) in [6.07, 6.45) is 0. The van der Waals surface area contributed by atoms with Gasteiger partial charge in [0.2, 0.25) is 5.91 Å². The van der Waals surface area contributed by atoms with E-state index in [1.807, 2.05) is 30.3 Å². The Bertz CT molecular complexity index is 392. The Hall–Kier alpha value is -1.88. The van der Waals surface area contributed by atoms with Crippen LogP contribution in [0.1, 0.15) is 18.5 Å². The molecule has 1 atom stereocenters. The molecule has 0 spiro atoms. The number of ether oxygens (including phenoxy) is 1. The summed E-state index contributed by atoms with van der Waals surface area (Å²) >= 11 is 0. The van der Waals surface area contributed by atoms with Gasteiger partial charge in [-0.05, 0) is 12.5 Å². The number of benzene rings is 1. The highest BCUT2D eigenvalue weighted by molar-refractivity contribution is 5.81. The van der Waals surface area contributed by atoms with Crippen molar-refractivity contribution in [2.45, 2.75) is 13.0 Å². The predicted molar refractivity (Wildman–Crippen MR) is 67.9 cm³/mol. The molecule has 1 aromatic carbocycles. The molecule has 0 aliphatic rings. The average molecular weight is 250 g/mol. The second kappa shape index (κ2) is 7.45. The number of hydrogen-bond acceptors (Lipinski definition) is 4. The van der Waals surface area contributed by atoms with E-state index in [2.05, 4.69) is 10.6 Å². The second-order valence-corrected chi connectivity index (χ2v) is 3.65. The van der Waals surface area contributed by atoms with E-state index >= 15 is 0 Å². The first kappa shape index (κ1) is 14.2. The lowest BCUT2D eigenvalue weighted by Gasteiger charge is -2.17. The Morgan fingerprint density at radius 3 is 2.50 bits per heavy atom. The van der Waals surface area contributed by atoms with E-state index in [0.717, 1.165) is 5.56 Å². The van der Waals surface area contributed by atoms with Gasteiger partial charge in [-0.1, -0.05) is 30.3 Å². The molecule has 0 aromatic heterocycles. The quantitative estimate of drug-likeness (QED) is 0.727. The van der Waals surface area contributed by atoms with E-state index < -0.39 is 6.04 Å². The SMILES string of the molecule is CCOC(=O)C(NCC(=O)NC)c1ccccc1. The van der Waals surface area contributed by atoms with Crippen LogP contribution in [0, 0.1) is 0 Å². The van der Waals surface area contributed by atoms with Gasteiger partial charge in [0, 0.05) is 7.05 Å². The van der Waals surface area contributed by atoms with Crippen molar-refractivity contribution in [1.29, 1.82) is 0 Å². The van der Waals surface area contributed by atoms with Crippen molar-refractivity contribution in [3.8, 4) is 0 Å². The van der Waals surface area contributed by atoms with Crippen LogP contribution in [-0.2, 0) is 14.3 Å². The predicted octanol–water partition coefficient (Wildman–Crippen LogP) is 0.626. The number of esters is 1. The highest BCUT2D eigenvalue weighted by atomic mass is 16.5. The van der Waals surface area contributed by atoms with Gasteiger partial charge < -0.3 is 10.1 Å². The fraction of sp³-hybridized carbons (Fsp3) is 0.385. The fourth-order valence-corrected chi connectivity index (χ4v) is 1.49. The molecule has 98 valence electrons. The molecule has 0 radical (unpaired) electrons. The molecular weight excluding hydrogens is 232 g/mol. The lowest BCUT2D eigenvalue weighted by atomic mass is 10.1. The van der Waals surface area contributed by atoms with E-state index in [0.29, 0.717) is 6.61 Å². The zero-order valence-electron chi connectivity index (χ0n) is 10.6. The summed E-state index contributed by atoms with van der Waals surface area (Å²) in [5, 5.41) is 5.37. The molecule has 5 heteroatoms. The van der Waals surface area contributed by atoms with Gasteiger partial charge >= 0.3 is 5.97 Å². The zero-order chi connectivity index (χ0) is 13.4. The molecule has 18 heavy (non-hydrogen) atoms. The van der Waals surface area contributed by atoms with Crippen LogP contribution in [0.2, 0.25) is 0 Å². The van der Waals surface area contributed by atoms with Crippen molar-refractivity contribution in [1.82, 2.24) is 10.6 Å². The Labute approximate surface area is 107 Å². The van der Waals surface area contributed by atoms with Gasteiger partial charge in [-0.3, -0.25) is 10.1 Å². The number of likely N-dealkylation sites (N-methyl/N-ethyl adjacent to an activating group) is 1. The van der Waals surface area contributed by atoms with Crippen molar-refractivity contribution in [2.75, 3.05) is 20.2 Å². The topological polar surface area (TPSA) is 67.4 Å². The van der Waals surface area contributed by atoms with Crippen LogP contribution in [0.25, 0.3) is 0 Å². The van der Waals surface area contributed by atoms with Gasteiger partial charge in [-0.15, -0.1) is 0 Å². The third-order valence-electron chi connectivity index (χ3n) is 2.40. The van der Waals surface area contributed by atoms with Gasteiger partial charge in [0.25, 0.3) is 0 Å². The molecule has 1 amide bonds. The lowest BCUT2D eigenvalue weighted by molar-refractivity contribution is -0.145. The summed E-state index contributed by atoms with van der Waals surface area (Å²) in [4.78, 5) is 23.0. The van der Waals surface area contributed by atoms with E-state index in [1.165, 1.54) is 0 Å². The van der Waals surface area contributed by atoms with Crippen LogP contribution in [-0.4, -0.2) is 32.1 Å². The minimum Gasteiger partial charge on any atom is -0.465 e. The summed E-state index contributed by atoms with van der Waals surface area (Å²) in [6, 6.07) is 8.55. The first-order chi connectivity index (χ1) is 8.69. The monoisotopic (exact) mass is 250 g/mol. The van der Waals surface area contributed by atoms with Crippen molar-refractivity contribution in [3.05, 3.63) is 35.9 Å². The lowest BCUT2D eigenvalue weighted by Crippen LogP contribution is -2.37. The number of carbonyl (C=O) groups is 2. The average Bonchev–Trinajstić information content (AvgIpc) is 2.40. The third-order valence-corrected chi connectivity index (χ3v) is 2.40. The molecule has 0 aliphatic heterocycles. The maximum atomic E-state index is 11.8. The Morgan fingerprint density at radius 1 is 1.28 bits per heavy atom. The highest BCUT2D eigenvalue weighted by Gasteiger charge is 2.21. The molecule has 5 nitrogen and oxygen atoms in total. The van der Waals surface area contributed by atoms with Crippen LogP contribution < -0.4 is 10.6 Å². The smallest absolute Gasteiger partial charge is 0.327 e. The van der Waals surface area contributed by atoms with E-state index in [9.17, 15) is 9.59 Å². The van der Waals surface area contributed by atoms with Gasteiger partial charge in [0.15, 0.2) is 0 Å². The molecule has 0 saturated carbocycles. The molecule has 0 saturated heterocycles. The highest BCUT2D eigenvalue weighted by Crippen LogP contribution is 2.13. The van der Waals surface area contributed by atoms with Crippen LogP contribution in [0.4, 0.5) is 0 Å². The molecule has 1 unspecified atom stereocenters. The fourth-order valence-electron chi connectivity index (χ4n) is 1.49. The number of nitrogens with one attached hydrogen (secondary N) is 2. The van der Waals surface area contributed by atoms with E-state index in [1.54, 1.807) is 14.0 Å². The van der Waals surface area contributed by atoms with Gasteiger partial charge in [0.1, 0.15) is 6.04 Å². The largest absolute Gasteiger partial charge is 0.465 e. The molecule has 0 fully saturated rings. The Balaban J connectivity index is 2.75. The molecule has 0 heterocycles. The number of carbonyl (C=O) groups excluding carboxylic acids is 2. The summed E-state index contributed by atoms with van der Waals surface area (Å²) in [7, 11) is 1.55. The van der Waals surface area contributed by atoms with Gasteiger partial charge in [-0.25, -0.2) is 4.79 Å². The first-order valence-electron chi connectivity index (χ1n) is 5.84. The van der Waals surface area contributed by atoms with Crippen molar-refractivity contribution >= 4 is 11.9 Å². The van der Waals surface area contributed by atoms with Crippen molar-refractivity contribution in [2.24, 2.45) is 0 Å². The molecule has 0 aliphatic carbocycles. The normalized spacial score (nSPS) is 11.7. The minimum atomic E-state index is -0.622. The maximum Gasteiger partial charge on any atom is 0.327 e. The summed E-state index contributed by atoms with van der Waals surface area (Å²) < 4.78 is 4.99. The molecule has 1 aromatic rings. The van der Waals surface area contributed by atoms with E-state index in [-0.39, 0.29) is 18.4 Å². The van der Waals surface area contributed by atoms with Crippen molar-refractivity contribution in [3.63, 3.8) is 0 Å². The molecule has 1 rings (SSSR count). The zero-order valence-corrected chi connectivity index (χ0v) is 10.6. The number of hydrogen-bond donors (Lipinski definition) is 2. The van der Waals surface area contributed by atoms with E-state index in [4.69, 9.17) is 4.74 Å². The van der Waals surface area contributed by atoms with Gasteiger partial charge in [-0.2, -0.15) is 0 Å². The minimum absolute atomic E-state index is 0.0644. The maximum absolute atomic E-state index is 11.8. The molecular formula is C13H18N2O3. The second-order valence-electron chi connectivity index (χ2n) is 3.65. The first-order valence-corrected chi connectivity index (χ1v) is 5.84.